The van der Waals surface area contributed by atoms with E-state index in [1.165, 1.54) is 24.8 Å². The smallest absolute Gasteiger partial charge is 0.272 e. The summed E-state index contributed by atoms with van der Waals surface area (Å²) in [4.78, 5) is 30.8. The van der Waals surface area contributed by atoms with E-state index in [9.17, 15) is 13.6 Å². The third kappa shape index (κ3) is 6.39. The standard InChI is InChI=1S/C21H27F2N7O2/c1-2-5-21(22,23)13-27-16-11-17(20(31)30-7-3-9-32-10-8-30)26-12-15(16)19(24)29-18-4-6-25-14-28-18/h4,6,11-12,14H,2-3,5,7-10,13H2,1H3,(H,26,27)(H2,24,25,28,29). The molecule has 3 N–H and O–H groups in total. The fraction of sp³-hybridized carbons (Fsp3) is 0.476. The van der Waals surface area contributed by atoms with E-state index in [0.717, 1.165) is 6.42 Å². The highest BCUT2D eigenvalue weighted by molar-refractivity contribution is 6.04. The number of anilines is 1. The maximum Gasteiger partial charge on any atom is 0.272 e. The molecule has 0 aliphatic carbocycles. The summed E-state index contributed by atoms with van der Waals surface area (Å²) in [7, 11) is 0. The normalized spacial score (nSPS) is 15.3. The first-order valence-corrected chi connectivity index (χ1v) is 10.5. The maximum absolute atomic E-state index is 14.1. The lowest BCUT2D eigenvalue weighted by Gasteiger charge is -2.21. The Bertz CT molecular complexity index is 933. The molecule has 0 unspecified atom stereocenters. The lowest BCUT2D eigenvalue weighted by Crippen LogP contribution is -2.34. The zero-order chi connectivity index (χ0) is 23.0. The molecule has 3 rings (SSSR count). The van der Waals surface area contributed by atoms with Crippen LogP contribution in [-0.2, 0) is 4.74 Å². The van der Waals surface area contributed by atoms with Crippen LogP contribution < -0.4 is 11.1 Å². The van der Waals surface area contributed by atoms with Gasteiger partial charge in [0.05, 0.1) is 18.7 Å². The molecule has 0 saturated carbocycles. The van der Waals surface area contributed by atoms with E-state index in [4.69, 9.17) is 10.5 Å². The SMILES string of the molecule is CCCC(F)(F)CNc1cc(C(=O)N2CCCOCC2)ncc1C(N)=Nc1ccncn1. The van der Waals surface area contributed by atoms with Crippen LogP contribution in [0.15, 0.2) is 35.8 Å². The molecule has 0 atom stereocenters. The second-order valence-corrected chi connectivity index (χ2v) is 7.40. The second kappa shape index (κ2) is 10.9. The first-order valence-electron chi connectivity index (χ1n) is 10.5. The van der Waals surface area contributed by atoms with Gasteiger partial charge in [0.15, 0.2) is 5.82 Å². The molecular weight excluding hydrogens is 420 g/mol. The number of hydrogen-bond acceptors (Lipinski definition) is 7. The van der Waals surface area contributed by atoms with Gasteiger partial charge in [0.1, 0.15) is 17.9 Å². The number of nitrogens with zero attached hydrogens (tertiary/aromatic N) is 5. The molecule has 2 aromatic rings. The van der Waals surface area contributed by atoms with Crippen LogP contribution in [0.2, 0.25) is 0 Å². The van der Waals surface area contributed by atoms with E-state index < -0.39 is 12.5 Å². The van der Waals surface area contributed by atoms with E-state index in [1.807, 2.05) is 0 Å². The van der Waals surface area contributed by atoms with Crippen molar-refractivity contribution in [1.82, 2.24) is 19.9 Å². The van der Waals surface area contributed by atoms with Crippen molar-refractivity contribution in [2.24, 2.45) is 10.7 Å². The Labute approximate surface area is 185 Å². The molecule has 9 nitrogen and oxygen atoms in total. The third-order valence-electron chi connectivity index (χ3n) is 4.86. The number of aliphatic imine (C=N–C) groups is 1. The van der Waals surface area contributed by atoms with Gasteiger partial charge in [0.2, 0.25) is 0 Å². The van der Waals surface area contributed by atoms with Gasteiger partial charge in [-0.2, -0.15) is 0 Å². The lowest BCUT2D eigenvalue weighted by atomic mass is 10.1. The summed E-state index contributed by atoms with van der Waals surface area (Å²) in [6, 6.07) is 3.00. The van der Waals surface area contributed by atoms with Crippen LogP contribution in [0, 0.1) is 0 Å². The molecule has 1 fully saturated rings. The van der Waals surface area contributed by atoms with E-state index in [2.05, 4.69) is 25.3 Å². The van der Waals surface area contributed by atoms with Crippen molar-refractivity contribution < 1.29 is 18.3 Å². The molecule has 32 heavy (non-hydrogen) atoms. The second-order valence-electron chi connectivity index (χ2n) is 7.40. The molecule has 0 aromatic carbocycles. The van der Waals surface area contributed by atoms with Crippen molar-refractivity contribution in [3.63, 3.8) is 0 Å². The highest BCUT2D eigenvalue weighted by Gasteiger charge is 2.28. The number of pyridine rings is 1. The van der Waals surface area contributed by atoms with Crippen LogP contribution in [0.3, 0.4) is 0 Å². The largest absolute Gasteiger partial charge is 0.383 e. The van der Waals surface area contributed by atoms with Gasteiger partial charge < -0.3 is 20.7 Å². The quantitative estimate of drug-likeness (QED) is 0.472. The Balaban J connectivity index is 1.91. The van der Waals surface area contributed by atoms with Gasteiger partial charge >= 0.3 is 0 Å². The number of carbonyl (C=O) groups is 1. The fourth-order valence-corrected chi connectivity index (χ4v) is 3.25. The molecule has 172 valence electrons. The van der Waals surface area contributed by atoms with Crippen LogP contribution in [0.4, 0.5) is 20.3 Å². The number of nitrogens with one attached hydrogen (secondary N) is 1. The molecule has 1 amide bonds. The Hall–Kier alpha value is -3.21. The van der Waals surface area contributed by atoms with Crippen molar-refractivity contribution in [2.75, 3.05) is 38.2 Å². The monoisotopic (exact) mass is 447 g/mol. The zero-order valence-corrected chi connectivity index (χ0v) is 17.9. The number of hydrogen-bond donors (Lipinski definition) is 2. The zero-order valence-electron chi connectivity index (χ0n) is 17.9. The summed E-state index contributed by atoms with van der Waals surface area (Å²) < 4.78 is 33.7. The molecule has 1 aliphatic heterocycles. The van der Waals surface area contributed by atoms with Crippen LogP contribution >= 0.6 is 0 Å². The van der Waals surface area contributed by atoms with Crippen molar-refractivity contribution in [3.8, 4) is 0 Å². The lowest BCUT2D eigenvalue weighted by molar-refractivity contribution is 0.00586. The molecular formula is C21H27F2N7O2. The Kier molecular flexibility index (Phi) is 7.98. The van der Waals surface area contributed by atoms with Crippen LogP contribution in [0.5, 0.6) is 0 Å². The first kappa shape index (κ1) is 23.5. The number of halogens is 2. The molecule has 3 heterocycles. The van der Waals surface area contributed by atoms with Gasteiger partial charge in [-0.25, -0.2) is 23.7 Å². The molecule has 0 bridgehead atoms. The van der Waals surface area contributed by atoms with Crippen LogP contribution in [0.1, 0.15) is 42.2 Å². The molecule has 0 radical (unpaired) electrons. The van der Waals surface area contributed by atoms with Gasteiger partial charge in [0, 0.05) is 50.3 Å². The number of alkyl halides is 2. The number of aromatic nitrogens is 3. The fourth-order valence-electron chi connectivity index (χ4n) is 3.25. The number of amides is 1. The number of nitrogens with two attached hydrogens (primary N) is 1. The van der Waals surface area contributed by atoms with Gasteiger partial charge in [-0.1, -0.05) is 13.3 Å². The van der Waals surface area contributed by atoms with Crippen LogP contribution in [0.25, 0.3) is 0 Å². The molecule has 1 saturated heterocycles. The summed E-state index contributed by atoms with van der Waals surface area (Å²) in [6.45, 7) is 3.10. The average Bonchev–Trinajstić information content (AvgIpc) is 3.07. The van der Waals surface area contributed by atoms with Crippen molar-refractivity contribution in [1.29, 1.82) is 0 Å². The number of rotatable bonds is 8. The van der Waals surface area contributed by atoms with Gasteiger partial charge in [-0.05, 0) is 12.5 Å². The Morgan fingerprint density at radius 3 is 2.94 bits per heavy atom. The summed E-state index contributed by atoms with van der Waals surface area (Å²) in [5.74, 6) is -2.87. The summed E-state index contributed by atoms with van der Waals surface area (Å²) in [5, 5.41) is 2.74. The number of amidine groups is 1. The molecule has 0 spiro atoms. The van der Waals surface area contributed by atoms with Crippen molar-refractivity contribution >= 4 is 23.2 Å². The topological polar surface area (TPSA) is 119 Å². The minimum absolute atomic E-state index is 0.0275. The van der Waals surface area contributed by atoms with Crippen LogP contribution in [-0.4, -0.2) is 70.4 Å². The number of carbonyl (C=O) groups excluding carboxylic acids is 1. The predicted octanol–water partition coefficient (Wildman–Crippen LogP) is 2.62. The minimum atomic E-state index is -2.92. The molecule has 1 aliphatic rings. The highest BCUT2D eigenvalue weighted by atomic mass is 19.3. The minimum Gasteiger partial charge on any atom is -0.383 e. The molecule has 2 aromatic heterocycles. The predicted molar refractivity (Wildman–Crippen MR) is 116 cm³/mol. The van der Waals surface area contributed by atoms with Crippen molar-refractivity contribution in [3.05, 3.63) is 42.1 Å². The summed E-state index contributed by atoms with van der Waals surface area (Å²) in [5.41, 5.74) is 6.81. The number of ether oxygens (including phenoxy) is 1. The maximum atomic E-state index is 14.1. The highest BCUT2D eigenvalue weighted by Crippen LogP contribution is 2.24. The van der Waals surface area contributed by atoms with Gasteiger partial charge in [-0.15, -0.1) is 0 Å². The molecule has 11 heteroatoms. The van der Waals surface area contributed by atoms with E-state index in [0.29, 0.717) is 44.1 Å². The third-order valence-corrected chi connectivity index (χ3v) is 4.86. The summed E-state index contributed by atoms with van der Waals surface area (Å²) >= 11 is 0. The summed E-state index contributed by atoms with van der Waals surface area (Å²) in [6.07, 6.45) is 5.00. The average molecular weight is 447 g/mol. The Morgan fingerprint density at radius 1 is 1.34 bits per heavy atom. The van der Waals surface area contributed by atoms with Gasteiger partial charge in [0.25, 0.3) is 11.8 Å². The van der Waals surface area contributed by atoms with Gasteiger partial charge in [-0.3, -0.25) is 9.78 Å². The van der Waals surface area contributed by atoms with E-state index >= 15 is 0 Å². The van der Waals surface area contributed by atoms with Crippen molar-refractivity contribution in [2.45, 2.75) is 32.1 Å². The van der Waals surface area contributed by atoms with E-state index in [1.54, 1.807) is 17.9 Å². The van der Waals surface area contributed by atoms with E-state index in [-0.39, 0.29) is 29.5 Å². The first-order chi connectivity index (χ1) is 15.4. The Morgan fingerprint density at radius 2 is 2.19 bits per heavy atom.